The third-order valence-electron chi connectivity index (χ3n) is 5.94. The summed E-state index contributed by atoms with van der Waals surface area (Å²) in [4.78, 5) is 16.9. The molecule has 0 aromatic heterocycles. The van der Waals surface area contributed by atoms with Gasteiger partial charge in [0.15, 0.2) is 0 Å². The zero-order valence-corrected chi connectivity index (χ0v) is 20.3. The molecule has 1 saturated heterocycles. The summed E-state index contributed by atoms with van der Waals surface area (Å²) < 4.78 is 42.4. The van der Waals surface area contributed by atoms with Crippen LogP contribution in [0, 0.1) is 12.7 Å². The Balaban J connectivity index is 1.57. The first-order valence-corrected chi connectivity index (χ1v) is 12.7. The van der Waals surface area contributed by atoms with Crippen LogP contribution in [0.3, 0.4) is 0 Å². The van der Waals surface area contributed by atoms with Gasteiger partial charge in [0.05, 0.1) is 16.3 Å². The van der Waals surface area contributed by atoms with E-state index in [0.717, 1.165) is 4.31 Å². The van der Waals surface area contributed by atoms with E-state index in [1.54, 1.807) is 66.4 Å². The van der Waals surface area contributed by atoms with Crippen molar-refractivity contribution in [1.29, 1.82) is 0 Å². The van der Waals surface area contributed by atoms with Gasteiger partial charge in [-0.3, -0.25) is 9.10 Å². The van der Waals surface area contributed by atoms with Crippen LogP contribution in [-0.2, 0) is 14.8 Å². The van der Waals surface area contributed by atoms with Gasteiger partial charge in [0.25, 0.3) is 10.0 Å². The van der Waals surface area contributed by atoms with Crippen LogP contribution in [-0.4, -0.2) is 51.9 Å². The number of halogens is 2. The molecule has 4 rings (SSSR count). The number of amides is 1. The van der Waals surface area contributed by atoms with E-state index in [1.165, 1.54) is 18.2 Å². The predicted molar refractivity (Wildman–Crippen MR) is 132 cm³/mol. The monoisotopic (exact) mass is 501 g/mol. The number of carbonyl (C=O) groups is 1. The summed E-state index contributed by atoms with van der Waals surface area (Å²) in [5.74, 6) is -0.633. The maximum Gasteiger partial charge on any atom is 0.264 e. The van der Waals surface area contributed by atoms with Crippen LogP contribution in [0.1, 0.15) is 5.56 Å². The fourth-order valence-corrected chi connectivity index (χ4v) is 5.68. The maximum absolute atomic E-state index is 14.1. The van der Waals surface area contributed by atoms with Gasteiger partial charge in [0.2, 0.25) is 5.91 Å². The number of para-hydroxylation sites is 1. The second kappa shape index (κ2) is 10.0. The molecule has 1 amide bonds. The lowest BCUT2D eigenvalue weighted by molar-refractivity contribution is -0.129. The summed E-state index contributed by atoms with van der Waals surface area (Å²) in [5.41, 5.74) is 1.42. The molecule has 0 unspecified atom stereocenters. The van der Waals surface area contributed by atoms with Gasteiger partial charge in [0, 0.05) is 31.2 Å². The second-order valence-corrected chi connectivity index (χ2v) is 10.3. The predicted octanol–water partition coefficient (Wildman–Crippen LogP) is 4.33. The molecule has 1 aliphatic rings. The van der Waals surface area contributed by atoms with Crippen molar-refractivity contribution >= 4 is 38.9 Å². The Kier molecular flexibility index (Phi) is 7.09. The van der Waals surface area contributed by atoms with Gasteiger partial charge in [-0.1, -0.05) is 48.0 Å². The van der Waals surface area contributed by atoms with Crippen molar-refractivity contribution in [2.75, 3.05) is 41.9 Å². The van der Waals surface area contributed by atoms with Crippen molar-refractivity contribution in [3.05, 3.63) is 89.2 Å². The number of anilines is 2. The highest BCUT2D eigenvalue weighted by Gasteiger charge is 2.31. The van der Waals surface area contributed by atoms with Crippen LogP contribution < -0.4 is 9.21 Å². The molecule has 1 fully saturated rings. The topological polar surface area (TPSA) is 60.9 Å². The Bertz CT molecular complexity index is 1280. The van der Waals surface area contributed by atoms with E-state index in [2.05, 4.69) is 0 Å². The fourth-order valence-electron chi connectivity index (χ4n) is 4.01. The summed E-state index contributed by atoms with van der Waals surface area (Å²) in [5, 5.41) is 0.414. The van der Waals surface area contributed by atoms with Crippen LogP contribution >= 0.6 is 11.6 Å². The van der Waals surface area contributed by atoms with Crippen molar-refractivity contribution in [3.8, 4) is 0 Å². The van der Waals surface area contributed by atoms with E-state index >= 15 is 0 Å². The maximum atomic E-state index is 14.1. The van der Waals surface area contributed by atoms with E-state index in [-0.39, 0.29) is 23.2 Å². The van der Waals surface area contributed by atoms with Gasteiger partial charge in [-0.25, -0.2) is 12.8 Å². The highest BCUT2D eigenvalue weighted by atomic mass is 35.5. The number of sulfonamides is 1. The molecule has 3 aromatic rings. The molecule has 0 spiro atoms. The average Bonchev–Trinajstić information content (AvgIpc) is 2.85. The molecule has 0 aliphatic carbocycles. The number of nitrogens with zero attached hydrogens (tertiary/aromatic N) is 3. The number of benzene rings is 3. The Morgan fingerprint density at radius 1 is 0.941 bits per heavy atom. The number of hydrogen-bond acceptors (Lipinski definition) is 4. The largest absolute Gasteiger partial charge is 0.366 e. The van der Waals surface area contributed by atoms with Crippen molar-refractivity contribution in [1.82, 2.24) is 4.90 Å². The standard InChI is InChI=1S/C25H25ClFN3O3S/c1-19-21(26)10-7-13-23(19)30(34(32,33)20-8-3-2-4-9-20)18-25(31)29-16-14-28(15-17-29)24-12-6-5-11-22(24)27/h2-13H,14-18H2,1H3. The third kappa shape index (κ3) is 4.88. The molecule has 1 heterocycles. The lowest BCUT2D eigenvalue weighted by atomic mass is 10.2. The number of rotatable bonds is 6. The SMILES string of the molecule is Cc1c(Cl)cccc1N(CC(=O)N1CCN(c2ccccc2F)CC1)S(=O)(=O)c1ccccc1. The quantitative estimate of drug-likeness (QED) is 0.504. The molecule has 6 nitrogen and oxygen atoms in total. The van der Waals surface area contributed by atoms with Crippen molar-refractivity contribution in [2.24, 2.45) is 0 Å². The van der Waals surface area contributed by atoms with Crippen molar-refractivity contribution in [3.63, 3.8) is 0 Å². The molecule has 9 heteroatoms. The molecule has 0 N–H and O–H groups in total. The van der Waals surface area contributed by atoms with Gasteiger partial charge in [-0.05, 0) is 48.9 Å². The lowest BCUT2D eigenvalue weighted by Crippen LogP contribution is -2.52. The zero-order chi connectivity index (χ0) is 24.3. The summed E-state index contributed by atoms with van der Waals surface area (Å²) in [6.07, 6.45) is 0. The van der Waals surface area contributed by atoms with Crippen LogP contribution in [0.4, 0.5) is 15.8 Å². The van der Waals surface area contributed by atoms with E-state index in [9.17, 15) is 17.6 Å². The summed E-state index contributed by atoms with van der Waals surface area (Å²) in [7, 11) is -4.02. The Morgan fingerprint density at radius 3 is 2.26 bits per heavy atom. The molecule has 0 saturated carbocycles. The summed E-state index contributed by atoms with van der Waals surface area (Å²) in [6.45, 7) is 2.99. The fraction of sp³-hybridized carbons (Fsp3) is 0.240. The van der Waals surface area contributed by atoms with E-state index in [1.807, 2.05) is 4.90 Å². The molecule has 178 valence electrons. The molecule has 1 aliphatic heterocycles. The van der Waals surface area contributed by atoms with E-state index in [4.69, 9.17) is 11.6 Å². The molecule has 34 heavy (non-hydrogen) atoms. The molecule has 0 bridgehead atoms. The average molecular weight is 502 g/mol. The minimum Gasteiger partial charge on any atom is -0.366 e. The van der Waals surface area contributed by atoms with Gasteiger partial charge in [0.1, 0.15) is 12.4 Å². The highest BCUT2D eigenvalue weighted by molar-refractivity contribution is 7.92. The number of hydrogen-bond donors (Lipinski definition) is 0. The normalized spacial score (nSPS) is 14.2. The molecule has 0 radical (unpaired) electrons. The molecule has 0 atom stereocenters. The second-order valence-electron chi connectivity index (χ2n) is 8.03. The third-order valence-corrected chi connectivity index (χ3v) is 8.13. The van der Waals surface area contributed by atoms with Crippen LogP contribution in [0.25, 0.3) is 0 Å². The number of carbonyl (C=O) groups excluding carboxylic acids is 1. The van der Waals surface area contributed by atoms with E-state index < -0.39 is 10.0 Å². The first-order valence-electron chi connectivity index (χ1n) is 10.9. The molecular weight excluding hydrogens is 477 g/mol. The van der Waals surface area contributed by atoms with Gasteiger partial charge >= 0.3 is 0 Å². The minimum absolute atomic E-state index is 0.0894. The van der Waals surface area contributed by atoms with Crippen LogP contribution in [0.15, 0.2) is 77.7 Å². The van der Waals surface area contributed by atoms with Gasteiger partial charge in [-0.15, -0.1) is 0 Å². The highest BCUT2D eigenvalue weighted by Crippen LogP contribution is 2.31. The molecule has 3 aromatic carbocycles. The lowest BCUT2D eigenvalue weighted by Gasteiger charge is -2.37. The minimum atomic E-state index is -4.02. The Morgan fingerprint density at radius 2 is 1.59 bits per heavy atom. The Hall–Kier alpha value is -3.10. The van der Waals surface area contributed by atoms with E-state index in [0.29, 0.717) is 48.1 Å². The first kappa shape index (κ1) is 24.0. The summed E-state index contributed by atoms with van der Waals surface area (Å²) in [6, 6.07) is 19.5. The molecular formula is C25H25ClFN3O3S. The zero-order valence-electron chi connectivity index (χ0n) is 18.7. The summed E-state index contributed by atoms with van der Waals surface area (Å²) >= 11 is 6.27. The van der Waals surface area contributed by atoms with Crippen LogP contribution in [0.2, 0.25) is 5.02 Å². The number of piperazine rings is 1. The van der Waals surface area contributed by atoms with Crippen LogP contribution in [0.5, 0.6) is 0 Å². The van der Waals surface area contributed by atoms with Crippen molar-refractivity contribution in [2.45, 2.75) is 11.8 Å². The van der Waals surface area contributed by atoms with Crippen molar-refractivity contribution < 1.29 is 17.6 Å². The first-order chi connectivity index (χ1) is 16.3. The van der Waals surface area contributed by atoms with Gasteiger partial charge in [-0.2, -0.15) is 0 Å². The Labute approximate surface area is 204 Å². The smallest absolute Gasteiger partial charge is 0.264 e. The van der Waals surface area contributed by atoms with Gasteiger partial charge < -0.3 is 9.80 Å².